The lowest BCUT2D eigenvalue weighted by molar-refractivity contribution is 0.363. The normalized spacial score (nSPS) is 35.6. The van der Waals surface area contributed by atoms with Crippen molar-refractivity contribution in [1.29, 1.82) is 0 Å². The molecule has 2 unspecified atom stereocenters. The number of piperidine rings is 1. The molecule has 0 aromatic heterocycles. The summed E-state index contributed by atoms with van der Waals surface area (Å²) in [6.07, 6.45) is 13.0. The van der Waals surface area contributed by atoms with E-state index in [0.717, 1.165) is 13.0 Å². The van der Waals surface area contributed by atoms with E-state index in [1.54, 1.807) is 0 Å². The summed E-state index contributed by atoms with van der Waals surface area (Å²) in [4.78, 5) is 0. The van der Waals surface area contributed by atoms with E-state index in [1.165, 1.54) is 0 Å². The van der Waals surface area contributed by atoms with Gasteiger partial charge in [-0.1, -0.05) is 12.2 Å². The highest BCUT2D eigenvalue weighted by atomic mass is 15.1. The van der Waals surface area contributed by atoms with Gasteiger partial charge < -0.3 is 5.32 Å². The van der Waals surface area contributed by atoms with Crippen LogP contribution in [0, 0.1) is 12.3 Å². The van der Waals surface area contributed by atoms with E-state index in [0.29, 0.717) is 12.1 Å². The lowest BCUT2D eigenvalue weighted by Crippen LogP contribution is -2.48. The first-order chi connectivity index (χ1) is 5.47. The fourth-order valence-corrected chi connectivity index (χ4v) is 1.45. The summed E-state index contributed by atoms with van der Waals surface area (Å²) in [5, 5.41) is 6.65. The van der Waals surface area contributed by atoms with E-state index in [1.807, 2.05) is 12.3 Å². The minimum atomic E-state index is 0.360. The number of fused-ring (bicyclic) bond motifs is 1. The third-order valence-corrected chi connectivity index (χ3v) is 2.03. The maximum atomic E-state index is 3.41. The molecule has 1 saturated heterocycles. The number of allylic oxidation sites excluding steroid dienone is 2. The second-order valence-corrected chi connectivity index (χ2v) is 2.82. The summed E-state index contributed by atoms with van der Waals surface area (Å²) in [7, 11) is 0. The highest BCUT2D eigenvalue weighted by molar-refractivity contribution is 5.13. The molecule has 0 bridgehead atoms. The zero-order chi connectivity index (χ0) is 7.52. The van der Waals surface area contributed by atoms with Crippen LogP contribution in [-0.2, 0) is 0 Å². The van der Waals surface area contributed by atoms with E-state index in [-0.39, 0.29) is 0 Å². The van der Waals surface area contributed by atoms with Gasteiger partial charge in [-0.05, 0) is 31.7 Å². The minimum absolute atomic E-state index is 0.360. The van der Waals surface area contributed by atoms with Crippen molar-refractivity contribution >= 4 is 0 Å². The van der Waals surface area contributed by atoms with Crippen LogP contribution in [0.1, 0.15) is 6.42 Å². The van der Waals surface area contributed by atoms with Gasteiger partial charge in [0.1, 0.15) is 0 Å². The van der Waals surface area contributed by atoms with Gasteiger partial charge in [0, 0.05) is 5.92 Å². The minimum Gasteiger partial charge on any atom is -0.375 e. The molecule has 2 N–H and O–H groups in total. The molecule has 0 amide bonds. The van der Waals surface area contributed by atoms with Gasteiger partial charge in [0.2, 0.25) is 0 Å². The molecule has 1 fully saturated rings. The van der Waals surface area contributed by atoms with E-state index < -0.39 is 0 Å². The van der Waals surface area contributed by atoms with Crippen LogP contribution in [0.15, 0.2) is 24.4 Å². The van der Waals surface area contributed by atoms with Crippen molar-refractivity contribution in [2.75, 3.05) is 6.54 Å². The summed E-state index contributed by atoms with van der Waals surface area (Å²) in [6, 6.07) is 0. The van der Waals surface area contributed by atoms with E-state index in [4.69, 9.17) is 0 Å². The van der Waals surface area contributed by atoms with Crippen molar-refractivity contribution in [3.8, 4) is 0 Å². The molecule has 0 spiro atoms. The molecule has 0 aromatic carbocycles. The summed E-state index contributed by atoms with van der Waals surface area (Å²) in [6.45, 7) is 1.04. The summed E-state index contributed by atoms with van der Waals surface area (Å²) in [5.41, 5.74) is 0. The largest absolute Gasteiger partial charge is 0.375 e. The molecule has 2 radical (unpaired) electrons. The molecule has 2 heteroatoms. The van der Waals surface area contributed by atoms with Crippen molar-refractivity contribution < 1.29 is 0 Å². The molecule has 2 rings (SSSR count). The monoisotopic (exact) mass is 148 g/mol. The zero-order valence-corrected chi connectivity index (χ0v) is 6.38. The Labute approximate surface area is 67.4 Å². The molecule has 11 heavy (non-hydrogen) atoms. The smallest absolute Gasteiger partial charge is 0.0833 e. The maximum absolute atomic E-state index is 3.41. The molecule has 2 nitrogen and oxygen atoms in total. The Kier molecular flexibility index (Phi) is 1.95. The number of hydrogen-bond donors (Lipinski definition) is 2. The second kappa shape index (κ2) is 3.09. The van der Waals surface area contributed by atoms with Crippen molar-refractivity contribution in [2.24, 2.45) is 5.92 Å². The molecular formula is C9H12N2. The molecule has 0 aliphatic carbocycles. The van der Waals surface area contributed by atoms with Crippen LogP contribution in [0.25, 0.3) is 0 Å². The predicted molar refractivity (Wildman–Crippen MR) is 44.6 cm³/mol. The highest BCUT2D eigenvalue weighted by Gasteiger charge is 2.21. The summed E-state index contributed by atoms with van der Waals surface area (Å²) < 4.78 is 0. The zero-order valence-electron chi connectivity index (χ0n) is 6.38. The molecular weight excluding hydrogens is 136 g/mol. The Morgan fingerprint density at radius 3 is 3.36 bits per heavy atom. The molecule has 2 aliphatic rings. The topological polar surface area (TPSA) is 24.1 Å². The fraction of sp³-hybridized carbons (Fsp3) is 0.444. The maximum Gasteiger partial charge on any atom is 0.0833 e. The average molecular weight is 148 g/mol. The van der Waals surface area contributed by atoms with Crippen LogP contribution in [0.3, 0.4) is 0 Å². The second-order valence-electron chi connectivity index (χ2n) is 2.82. The van der Waals surface area contributed by atoms with Crippen LogP contribution in [0.2, 0.25) is 0 Å². The van der Waals surface area contributed by atoms with Gasteiger partial charge in [-0.15, -0.1) is 0 Å². The lowest BCUT2D eigenvalue weighted by Gasteiger charge is -2.29. The van der Waals surface area contributed by atoms with Gasteiger partial charge in [-0.25, -0.2) is 0 Å². The molecule has 0 aromatic rings. The van der Waals surface area contributed by atoms with Crippen LogP contribution in [0.4, 0.5) is 0 Å². The predicted octanol–water partition coefficient (Wildman–Crippen LogP) is 0.676. The Morgan fingerprint density at radius 2 is 2.36 bits per heavy atom. The Bertz CT molecular complexity index is 184. The molecule has 2 atom stereocenters. The third-order valence-electron chi connectivity index (χ3n) is 2.03. The van der Waals surface area contributed by atoms with Crippen molar-refractivity contribution in [2.45, 2.75) is 12.6 Å². The van der Waals surface area contributed by atoms with E-state index in [2.05, 4.69) is 29.2 Å². The van der Waals surface area contributed by atoms with E-state index >= 15 is 0 Å². The molecule has 58 valence electrons. The van der Waals surface area contributed by atoms with Gasteiger partial charge in [0.25, 0.3) is 0 Å². The van der Waals surface area contributed by atoms with Crippen molar-refractivity contribution in [3.05, 3.63) is 30.8 Å². The first-order valence-electron chi connectivity index (χ1n) is 4.03. The summed E-state index contributed by atoms with van der Waals surface area (Å²) in [5.74, 6) is 0.429. The van der Waals surface area contributed by atoms with Gasteiger partial charge in [-0.3, -0.25) is 5.32 Å². The molecule has 2 aliphatic heterocycles. The van der Waals surface area contributed by atoms with Crippen LogP contribution < -0.4 is 10.6 Å². The van der Waals surface area contributed by atoms with Crippen LogP contribution in [0.5, 0.6) is 0 Å². The quantitative estimate of drug-likeness (QED) is 0.528. The number of hydrogen-bond acceptors (Lipinski definition) is 2. The van der Waals surface area contributed by atoms with Gasteiger partial charge >= 0.3 is 0 Å². The first-order valence-corrected chi connectivity index (χ1v) is 4.03. The third kappa shape index (κ3) is 1.46. The van der Waals surface area contributed by atoms with Crippen LogP contribution >= 0.6 is 0 Å². The highest BCUT2D eigenvalue weighted by Crippen LogP contribution is 2.16. The standard InChI is InChI=1S/C9H12N2/c1-2-6-10-9-8(4-1)5-3-7-11-9/h1-2,4,6,8-11H,3,7H2. The van der Waals surface area contributed by atoms with Gasteiger partial charge in [-0.2, -0.15) is 0 Å². The lowest BCUT2D eigenvalue weighted by atomic mass is 9.96. The first kappa shape index (κ1) is 6.92. The Morgan fingerprint density at radius 1 is 1.36 bits per heavy atom. The van der Waals surface area contributed by atoms with Gasteiger partial charge in [0.05, 0.1) is 6.17 Å². The Balaban J connectivity index is 2.07. The number of rotatable bonds is 0. The van der Waals surface area contributed by atoms with Crippen molar-refractivity contribution in [1.82, 2.24) is 10.6 Å². The summed E-state index contributed by atoms with van der Waals surface area (Å²) >= 11 is 0. The van der Waals surface area contributed by atoms with E-state index in [9.17, 15) is 0 Å². The fourth-order valence-electron chi connectivity index (χ4n) is 1.45. The van der Waals surface area contributed by atoms with Crippen molar-refractivity contribution in [3.63, 3.8) is 0 Å². The Hall–Kier alpha value is -0.760. The molecule has 2 heterocycles. The number of nitrogens with one attached hydrogen (secondary N) is 2. The van der Waals surface area contributed by atoms with Gasteiger partial charge in [0.15, 0.2) is 0 Å². The average Bonchev–Trinajstić information content (AvgIpc) is 2.28. The molecule has 0 saturated carbocycles. The SMILES string of the molecule is [C]1CCNC2NC=CC=CC12. The van der Waals surface area contributed by atoms with Crippen LogP contribution in [-0.4, -0.2) is 12.7 Å².